The normalized spacial score (nSPS) is 37.2. The summed E-state index contributed by atoms with van der Waals surface area (Å²) < 4.78 is 38.9. The Balaban J connectivity index is 1.77. The minimum absolute atomic E-state index is 0.0849. The monoisotopic (exact) mass is 312 g/mol. The van der Waals surface area contributed by atoms with E-state index < -0.39 is 35.0 Å². The number of hydrogen-bond donors (Lipinski definition) is 1. The molecule has 5 heteroatoms. The summed E-state index contributed by atoms with van der Waals surface area (Å²) in [4.78, 5) is 0. The Kier molecular flexibility index (Phi) is 3.78. The molecule has 0 unspecified atom stereocenters. The third-order valence-corrected chi connectivity index (χ3v) is 5.25. The van der Waals surface area contributed by atoms with Crippen molar-refractivity contribution >= 4 is 0 Å². The number of aliphatic hydroxyl groups is 1. The van der Waals surface area contributed by atoms with Crippen LogP contribution in [0.15, 0.2) is 18.2 Å². The molecule has 1 N–H and O–H groups in total. The van der Waals surface area contributed by atoms with Crippen molar-refractivity contribution in [3.63, 3.8) is 0 Å². The second-order valence-corrected chi connectivity index (χ2v) is 6.91. The summed E-state index contributed by atoms with van der Waals surface area (Å²) in [7, 11) is 0. The topological polar surface area (TPSA) is 38.7 Å². The van der Waals surface area contributed by atoms with Gasteiger partial charge in [-0.2, -0.15) is 0 Å². The lowest BCUT2D eigenvalue weighted by molar-refractivity contribution is -0.0980. The molecule has 2 heterocycles. The molecular formula is C17H22F2O3. The zero-order valence-corrected chi connectivity index (χ0v) is 13.1. The first-order valence-electron chi connectivity index (χ1n) is 7.73. The van der Waals surface area contributed by atoms with E-state index in [1.54, 1.807) is 0 Å². The number of aliphatic hydroxyl groups excluding tert-OH is 1. The van der Waals surface area contributed by atoms with Gasteiger partial charge >= 0.3 is 0 Å². The summed E-state index contributed by atoms with van der Waals surface area (Å²) in [5, 5.41) is 10.6. The first kappa shape index (κ1) is 15.8. The number of fused-ring (bicyclic) bond motifs is 2. The summed E-state index contributed by atoms with van der Waals surface area (Å²) in [5.41, 5.74) is -1.02. The molecule has 0 radical (unpaired) electrons. The maximum absolute atomic E-state index is 13.7. The van der Waals surface area contributed by atoms with Gasteiger partial charge in [0.25, 0.3) is 0 Å². The highest BCUT2D eigenvalue weighted by atomic mass is 19.2. The summed E-state index contributed by atoms with van der Waals surface area (Å²) >= 11 is 0. The van der Waals surface area contributed by atoms with Crippen LogP contribution in [0.2, 0.25) is 0 Å². The van der Waals surface area contributed by atoms with Gasteiger partial charge in [0, 0.05) is 5.56 Å². The summed E-state index contributed by atoms with van der Waals surface area (Å²) in [6.45, 7) is 5.87. The Morgan fingerprint density at radius 3 is 2.73 bits per heavy atom. The summed E-state index contributed by atoms with van der Waals surface area (Å²) in [6, 6.07) is 4.00. The van der Waals surface area contributed by atoms with Gasteiger partial charge in [0.15, 0.2) is 11.6 Å². The van der Waals surface area contributed by atoms with Crippen LogP contribution >= 0.6 is 0 Å². The highest BCUT2D eigenvalue weighted by Crippen LogP contribution is 2.55. The fourth-order valence-corrected chi connectivity index (χ4v) is 3.83. The standard InChI is InChI=1S/C17H22F2O3/c1-10(2)17-8-7-16(3,22-17)15(14(17)20)21-9-11-5-4-6-12(18)13(11)19/h4-6,10,14-15,20H,7-9H2,1-3H3/t14-,15-,16+,17+/m1/s1. The van der Waals surface area contributed by atoms with Crippen molar-refractivity contribution in [2.45, 2.75) is 63.6 Å². The second-order valence-electron chi connectivity index (χ2n) is 6.91. The van der Waals surface area contributed by atoms with Gasteiger partial charge < -0.3 is 14.6 Å². The van der Waals surface area contributed by atoms with Gasteiger partial charge in [-0.15, -0.1) is 0 Å². The number of ether oxygens (including phenoxy) is 2. The molecule has 22 heavy (non-hydrogen) atoms. The molecule has 0 spiro atoms. The molecule has 3 nitrogen and oxygen atoms in total. The van der Waals surface area contributed by atoms with Gasteiger partial charge in [0.05, 0.1) is 17.8 Å². The van der Waals surface area contributed by atoms with E-state index in [0.29, 0.717) is 0 Å². The quantitative estimate of drug-likeness (QED) is 0.928. The van der Waals surface area contributed by atoms with Crippen molar-refractivity contribution in [1.29, 1.82) is 0 Å². The van der Waals surface area contributed by atoms with Crippen LogP contribution < -0.4 is 0 Å². The average Bonchev–Trinajstić information content (AvgIpc) is 2.92. The lowest BCUT2D eigenvalue weighted by Gasteiger charge is -2.36. The van der Waals surface area contributed by atoms with E-state index in [0.717, 1.165) is 18.9 Å². The van der Waals surface area contributed by atoms with E-state index in [-0.39, 0.29) is 18.1 Å². The SMILES string of the molecule is CC(C)[C@]12CC[C@](C)(O1)[C@H](OCc1cccc(F)c1F)[C@H]2O. The van der Waals surface area contributed by atoms with Gasteiger partial charge in [0.2, 0.25) is 0 Å². The first-order valence-corrected chi connectivity index (χ1v) is 7.73. The maximum Gasteiger partial charge on any atom is 0.164 e. The maximum atomic E-state index is 13.7. The zero-order valence-electron chi connectivity index (χ0n) is 13.1. The van der Waals surface area contributed by atoms with E-state index in [1.165, 1.54) is 12.1 Å². The Hall–Kier alpha value is -1.04. The Morgan fingerprint density at radius 2 is 2.09 bits per heavy atom. The molecule has 2 aliphatic rings. The number of benzene rings is 1. The van der Waals surface area contributed by atoms with Crippen LogP contribution in [-0.4, -0.2) is 28.5 Å². The predicted octanol–water partition coefficient (Wildman–Crippen LogP) is 3.19. The van der Waals surface area contributed by atoms with E-state index in [2.05, 4.69) is 0 Å². The molecule has 2 saturated heterocycles. The van der Waals surface area contributed by atoms with Crippen LogP contribution in [0, 0.1) is 17.6 Å². The van der Waals surface area contributed by atoms with E-state index >= 15 is 0 Å². The number of hydrogen-bond acceptors (Lipinski definition) is 3. The predicted molar refractivity (Wildman–Crippen MR) is 77.2 cm³/mol. The Morgan fingerprint density at radius 1 is 1.36 bits per heavy atom. The molecule has 1 aromatic carbocycles. The van der Waals surface area contributed by atoms with Crippen LogP contribution in [0.4, 0.5) is 8.78 Å². The highest BCUT2D eigenvalue weighted by molar-refractivity contribution is 5.19. The summed E-state index contributed by atoms with van der Waals surface area (Å²) in [6.07, 6.45) is 0.281. The Bertz CT molecular complexity index is 577. The molecule has 2 aliphatic heterocycles. The summed E-state index contributed by atoms with van der Waals surface area (Å²) in [5.74, 6) is -1.63. The van der Waals surface area contributed by atoms with Crippen LogP contribution in [0.25, 0.3) is 0 Å². The molecule has 0 aliphatic carbocycles. The first-order chi connectivity index (χ1) is 10.3. The van der Waals surface area contributed by atoms with Gasteiger partial charge in [-0.05, 0) is 31.7 Å². The van der Waals surface area contributed by atoms with Crippen molar-refractivity contribution < 1.29 is 23.4 Å². The third kappa shape index (κ3) is 2.18. The van der Waals surface area contributed by atoms with E-state index in [9.17, 15) is 13.9 Å². The van der Waals surface area contributed by atoms with Crippen molar-refractivity contribution in [2.75, 3.05) is 0 Å². The van der Waals surface area contributed by atoms with E-state index in [1.807, 2.05) is 20.8 Å². The third-order valence-electron chi connectivity index (χ3n) is 5.25. The minimum Gasteiger partial charge on any atom is -0.387 e. The van der Waals surface area contributed by atoms with Crippen LogP contribution in [0.3, 0.4) is 0 Å². The number of rotatable bonds is 4. The molecule has 2 fully saturated rings. The number of halogens is 2. The van der Waals surface area contributed by atoms with Crippen LogP contribution in [-0.2, 0) is 16.1 Å². The molecule has 0 aromatic heterocycles. The van der Waals surface area contributed by atoms with Crippen molar-refractivity contribution in [2.24, 2.45) is 5.92 Å². The van der Waals surface area contributed by atoms with Crippen molar-refractivity contribution in [3.8, 4) is 0 Å². The lowest BCUT2D eigenvalue weighted by atomic mass is 9.73. The average molecular weight is 312 g/mol. The fourth-order valence-electron chi connectivity index (χ4n) is 3.83. The molecule has 4 atom stereocenters. The Labute approximate surface area is 129 Å². The molecule has 3 rings (SSSR count). The second kappa shape index (κ2) is 5.25. The molecule has 0 amide bonds. The molecule has 1 aromatic rings. The zero-order chi connectivity index (χ0) is 16.1. The van der Waals surface area contributed by atoms with Gasteiger partial charge in [-0.25, -0.2) is 8.78 Å². The smallest absolute Gasteiger partial charge is 0.164 e. The van der Waals surface area contributed by atoms with Crippen molar-refractivity contribution in [1.82, 2.24) is 0 Å². The van der Waals surface area contributed by atoms with Gasteiger partial charge in [-0.1, -0.05) is 26.0 Å². The molecule has 2 bridgehead atoms. The van der Waals surface area contributed by atoms with Gasteiger partial charge in [0.1, 0.15) is 12.2 Å². The van der Waals surface area contributed by atoms with Gasteiger partial charge in [-0.3, -0.25) is 0 Å². The minimum atomic E-state index is -0.898. The van der Waals surface area contributed by atoms with Crippen molar-refractivity contribution in [3.05, 3.63) is 35.4 Å². The highest BCUT2D eigenvalue weighted by Gasteiger charge is 2.66. The van der Waals surface area contributed by atoms with E-state index in [4.69, 9.17) is 9.47 Å². The molecule has 122 valence electrons. The van der Waals surface area contributed by atoms with Crippen LogP contribution in [0.1, 0.15) is 39.2 Å². The van der Waals surface area contributed by atoms with Crippen LogP contribution in [0.5, 0.6) is 0 Å². The molecule has 0 saturated carbocycles. The molecular weight excluding hydrogens is 290 g/mol. The fraction of sp³-hybridized carbons (Fsp3) is 0.647. The lowest BCUT2D eigenvalue weighted by Crippen LogP contribution is -2.51. The largest absolute Gasteiger partial charge is 0.387 e.